The Bertz CT molecular complexity index is 762. The van der Waals surface area contributed by atoms with E-state index in [2.05, 4.69) is 0 Å². The van der Waals surface area contributed by atoms with Gasteiger partial charge in [0.05, 0.1) is 15.6 Å². The van der Waals surface area contributed by atoms with Crippen molar-refractivity contribution in [3.63, 3.8) is 0 Å². The molecule has 7 heteroatoms. The van der Waals surface area contributed by atoms with Crippen LogP contribution in [0.15, 0.2) is 41.3 Å². The average molecular weight is 316 g/mol. The van der Waals surface area contributed by atoms with E-state index in [1.807, 2.05) is 0 Å². The lowest BCUT2D eigenvalue weighted by Crippen LogP contribution is -2.03. The van der Waals surface area contributed by atoms with Crippen LogP contribution in [0.25, 0.3) is 0 Å². The van der Waals surface area contributed by atoms with E-state index >= 15 is 0 Å². The second kappa shape index (κ2) is 5.30. The predicted octanol–water partition coefficient (Wildman–Crippen LogP) is 3.26. The molecule has 20 heavy (non-hydrogen) atoms. The van der Waals surface area contributed by atoms with Gasteiger partial charge in [-0.15, -0.1) is 0 Å². The highest BCUT2D eigenvalue weighted by molar-refractivity contribution is 7.90. The number of sulfone groups is 1. The number of hydrogen-bond donors (Lipinski definition) is 1. The Morgan fingerprint density at radius 2 is 1.95 bits per heavy atom. The van der Waals surface area contributed by atoms with Gasteiger partial charge in [0.25, 0.3) is 0 Å². The van der Waals surface area contributed by atoms with E-state index in [1.165, 1.54) is 30.3 Å². The summed E-state index contributed by atoms with van der Waals surface area (Å²) in [5.41, 5.74) is 5.77. The Labute approximate surface area is 120 Å². The highest BCUT2D eigenvalue weighted by atomic mass is 35.5. The number of benzene rings is 2. The van der Waals surface area contributed by atoms with E-state index in [9.17, 15) is 12.8 Å². The highest BCUT2D eigenvalue weighted by Gasteiger charge is 2.15. The smallest absolute Gasteiger partial charge is 0.177 e. The third-order valence-electron chi connectivity index (χ3n) is 2.54. The number of nitrogens with two attached hydrogens (primary N) is 1. The van der Waals surface area contributed by atoms with Crippen molar-refractivity contribution in [1.82, 2.24) is 0 Å². The van der Waals surface area contributed by atoms with Crippen molar-refractivity contribution in [2.45, 2.75) is 4.90 Å². The molecule has 0 heterocycles. The SMILES string of the molecule is CS(=O)(=O)c1cccc(Oc2ccc(F)c(Cl)c2)c1N. The molecule has 0 aromatic heterocycles. The molecule has 2 aromatic carbocycles. The van der Waals surface area contributed by atoms with Crippen molar-refractivity contribution in [3.05, 3.63) is 47.2 Å². The number of halogens is 2. The van der Waals surface area contributed by atoms with Gasteiger partial charge >= 0.3 is 0 Å². The maximum atomic E-state index is 13.0. The van der Waals surface area contributed by atoms with Gasteiger partial charge in [-0.3, -0.25) is 0 Å². The van der Waals surface area contributed by atoms with Crippen LogP contribution in [0.4, 0.5) is 10.1 Å². The van der Waals surface area contributed by atoms with Crippen LogP contribution < -0.4 is 10.5 Å². The first-order valence-corrected chi connectivity index (χ1v) is 7.77. The molecule has 0 bridgehead atoms. The molecule has 4 nitrogen and oxygen atoms in total. The summed E-state index contributed by atoms with van der Waals surface area (Å²) in [6.45, 7) is 0. The fourth-order valence-corrected chi connectivity index (χ4v) is 2.60. The monoisotopic (exact) mass is 315 g/mol. The van der Waals surface area contributed by atoms with Crippen molar-refractivity contribution in [2.24, 2.45) is 0 Å². The van der Waals surface area contributed by atoms with Crippen molar-refractivity contribution in [1.29, 1.82) is 0 Å². The summed E-state index contributed by atoms with van der Waals surface area (Å²) in [7, 11) is -3.45. The average Bonchev–Trinajstić information content (AvgIpc) is 2.35. The van der Waals surface area contributed by atoms with Crippen LogP contribution in [0, 0.1) is 5.82 Å². The number of ether oxygens (including phenoxy) is 1. The van der Waals surface area contributed by atoms with Crippen LogP contribution in [-0.4, -0.2) is 14.7 Å². The van der Waals surface area contributed by atoms with Crippen molar-refractivity contribution >= 4 is 27.1 Å². The van der Waals surface area contributed by atoms with Gasteiger partial charge in [-0.05, 0) is 24.3 Å². The highest BCUT2D eigenvalue weighted by Crippen LogP contribution is 2.33. The molecule has 0 atom stereocenters. The second-order valence-electron chi connectivity index (χ2n) is 4.12. The predicted molar refractivity (Wildman–Crippen MR) is 75.4 cm³/mol. The molecule has 0 saturated carbocycles. The van der Waals surface area contributed by atoms with E-state index in [4.69, 9.17) is 22.1 Å². The Balaban J connectivity index is 2.42. The van der Waals surface area contributed by atoms with Crippen molar-refractivity contribution < 1.29 is 17.5 Å². The Morgan fingerprint density at radius 3 is 2.55 bits per heavy atom. The first kappa shape index (κ1) is 14.6. The molecule has 0 fully saturated rings. The van der Waals surface area contributed by atoms with Crippen molar-refractivity contribution in [3.8, 4) is 11.5 Å². The molecular formula is C13H11ClFNO3S. The zero-order valence-electron chi connectivity index (χ0n) is 10.4. The van der Waals surface area contributed by atoms with Crippen LogP contribution in [0.2, 0.25) is 5.02 Å². The molecule has 2 aromatic rings. The summed E-state index contributed by atoms with van der Waals surface area (Å²) < 4.78 is 41.6. The quantitative estimate of drug-likeness (QED) is 0.883. The zero-order chi connectivity index (χ0) is 14.9. The van der Waals surface area contributed by atoms with Gasteiger partial charge in [-0.2, -0.15) is 0 Å². The van der Waals surface area contributed by atoms with Gasteiger partial charge in [-0.1, -0.05) is 17.7 Å². The van der Waals surface area contributed by atoms with E-state index < -0.39 is 15.7 Å². The van der Waals surface area contributed by atoms with Gasteiger partial charge < -0.3 is 10.5 Å². The molecular weight excluding hydrogens is 305 g/mol. The molecule has 0 radical (unpaired) electrons. The summed E-state index contributed by atoms with van der Waals surface area (Å²) in [4.78, 5) is -0.0248. The number of anilines is 1. The van der Waals surface area contributed by atoms with Crippen LogP contribution in [0.3, 0.4) is 0 Å². The number of rotatable bonds is 3. The first-order chi connectivity index (χ1) is 9.29. The molecule has 0 saturated heterocycles. The topological polar surface area (TPSA) is 69.4 Å². The molecule has 0 aliphatic rings. The normalized spacial score (nSPS) is 11.3. The first-order valence-electron chi connectivity index (χ1n) is 5.50. The molecule has 0 aliphatic carbocycles. The number of nitrogen functional groups attached to an aromatic ring is 1. The van der Waals surface area contributed by atoms with E-state index in [1.54, 1.807) is 0 Å². The molecule has 2 N–H and O–H groups in total. The van der Waals surface area contributed by atoms with Gasteiger partial charge in [0, 0.05) is 12.3 Å². The van der Waals surface area contributed by atoms with Crippen molar-refractivity contribution in [2.75, 3.05) is 12.0 Å². The van der Waals surface area contributed by atoms with Gasteiger partial charge in [0.1, 0.15) is 11.6 Å². The molecule has 0 amide bonds. The summed E-state index contributed by atoms with van der Waals surface area (Å²) >= 11 is 5.64. The van der Waals surface area contributed by atoms with Crippen LogP contribution >= 0.6 is 11.6 Å². The molecule has 106 valence electrons. The lowest BCUT2D eigenvalue weighted by Gasteiger charge is -2.11. The van der Waals surface area contributed by atoms with E-state index in [-0.39, 0.29) is 27.1 Å². The number of hydrogen-bond acceptors (Lipinski definition) is 4. The van der Waals surface area contributed by atoms with Gasteiger partial charge in [0.2, 0.25) is 0 Å². The second-order valence-corrected chi connectivity index (χ2v) is 6.51. The summed E-state index contributed by atoms with van der Waals surface area (Å²) in [6.07, 6.45) is 1.05. The summed E-state index contributed by atoms with van der Waals surface area (Å²) in [6, 6.07) is 8.20. The summed E-state index contributed by atoms with van der Waals surface area (Å²) in [5.74, 6) is -0.152. The lowest BCUT2D eigenvalue weighted by atomic mass is 10.3. The standard InChI is InChI=1S/C13H11ClFNO3S/c1-20(17,18)12-4-2-3-11(13(12)16)19-8-5-6-10(15)9(14)7-8/h2-7H,16H2,1H3. The fourth-order valence-electron chi connectivity index (χ4n) is 1.60. The summed E-state index contributed by atoms with van der Waals surface area (Å²) in [5, 5.41) is -0.0969. The lowest BCUT2D eigenvalue weighted by molar-refractivity contribution is 0.481. The van der Waals surface area contributed by atoms with Crippen LogP contribution in [0.5, 0.6) is 11.5 Å². The minimum absolute atomic E-state index is 0.00422. The Hall–Kier alpha value is -1.79. The largest absolute Gasteiger partial charge is 0.455 e. The third-order valence-corrected chi connectivity index (χ3v) is 3.99. The fraction of sp³-hybridized carbons (Fsp3) is 0.0769. The third kappa shape index (κ3) is 3.02. The molecule has 0 spiro atoms. The molecule has 0 unspecified atom stereocenters. The van der Waals surface area contributed by atoms with E-state index in [0.29, 0.717) is 0 Å². The van der Waals surface area contributed by atoms with E-state index in [0.717, 1.165) is 12.3 Å². The van der Waals surface area contributed by atoms with Gasteiger partial charge in [0.15, 0.2) is 15.6 Å². The molecule has 2 rings (SSSR count). The maximum Gasteiger partial charge on any atom is 0.177 e. The Kier molecular flexibility index (Phi) is 3.87. The van der Waals surface area contributed by atoms with Crippen LogP contribution in [-0.2, 0) is 9.84 Å². The minimum Gasteiger partial charge on any atom is -0.455 e. The van der Waals surface area contributed by atoms with Crippen LogP contribution in [0.1, 0.15) is 0 Å². The maximum absolute atomic E-state index is 13.0. The van der Waals surface area contributed by atoms with Gasteiger partial charge in [-0.25, -0.2) is 12.8 Å². The number of para-hydroxylation sites is 1. The molecule has 0 aliphatic heterocycles. The minimum atomic E-state index is -3.45. The Morgan fingerprint density at radius 1 is 1.25 bits per heavy atom. The zero-order valence-corrected chi connectivity index (χ0v) is 12.0.